The Labute approximate surface area is 73.5 Å². The Bertz CT molecular complexity index is 197. The van der Waals surface area contributed by atoms with Crippen LogP contribution < -0.4 is 0 Å². The summed E-state index contributed by atoms with van der Waals surface area (Å²) in [6.07, 6.45) is 2.34. The van der Waals surface area contributed by atoms with E-state index in [-0.39, 0.29) is 6.04 Å². The molecule has 0 aliphatic carbocycles. The van der Waals surface area contributed by atoms with Crippen LogP contribution in [0.1, 0.15) is 19.3 Å². The highest BCUT2D eigenvalue weighted by Crippen LogP contribution is 2.40. The van der Waals surface area contributed by atoms with Crippen LogP contribution in [0.5, 0.6) is 0 Å². The van der Waals surface area contributed by atoms with E-state index in [0.29, 0.717) is 10.9 Å². The number of amides is 1. The molecule has 1 N–H and O–H groups in total. The van der Waals surface area contributed by atoms with Gasteiger partial charge in [-0.3, -0.25) is 0 Å². The molecular formula is C7H10BrNO2. The van der Waals surface area contributed by atoms with Crippen molar-refractivity contribution in [3.63, 3.8) is 0 Å². The zero-order valence-corrected chi connectivity index (χ0v) is 7.62. The van der Waals surface area contributed by atoms with Gasteiger partial charge in [0.15, 0.2) is 0 Å². The normalized spacial score (nSPS) is 41.5. The zero-order valence-electron chi connectivity index (χ0n) is 6.03. The minimum Gasteiger partial charge on any atom is -0.465 e. The fraction of sp³-hybridized carbons (Fsp3) is 0.857. The summed E-state index contributed by atoms with van der Waals surface area (Å²) in [5.74, 6) is 0. The molecular weight excluding hydrogens is 210 g/mol. The Balaban J connectivity index is 2.19. The lowest BCUT2D eigenvalue weighted by molar-refractivity contribution is 0.139. The summed E-state index contributed by atoms with van der Waals surface area (Å²) >= 11 is 3.50. The Kier molecular flexibility index (Phi) is 1.59. The van der Waals surface area contributed by atoms with Gasteiger partial charge in [-0.05, 0) is 19.3 Å². The number of carboxylic acid groups (broad SMARTS) is 1. The summed E-state index contributed by atoms with van der Waals surface area (Å²) in [4.78, 5) is 12.7. The average molecular weight is 220 g/mol. The van der Waals surface area contributed by atoms with Gasteiger partial charge in [0.25, 0.3) is 0 Å². The van der Waals surface area contributed by atoms with Gasteiger partial charge >= 0.3 is 6.09 Å². The molecule has 1 amide bonds. The monoisotopic (exact) mass is 219 g/mol. The molecule has 2 heterocycles. The molecule has 62 valence electrons. The minimum atomic E-state index is -0.751. The fourth-order valence-electron chi connectivity index (χ4n) is 2.21. The first-order chi connectivity index (χ1) is 5.20. The van der Waals surface area contributed by atoms with Crippen LogP contribution in [0.3, 0.4) is 0 Å². The third-order valence-corrected chi connectivity index (χ3v) is 3.67. The van der Waals surface area contributed by atoms with E-state index in [2.05, 4.69) is 15.9 Å². The summed E-state index contributed by atoms with van der Waals surface area (Å²) in [6.45, 7) is 0. The second-order valence-electron chi connectivity index (χ2n) is 3.24. The van der Waals surface area contributed by atoms with E-state index in [0.717, 1.165) is 19.3 Å². The van der Waals surface area contributed by atoms with E-state index in [9.17, 15) is 4.79 Å². The van der Waals surface area contributed by atoms with Crippen molar-refractivity contribution >= 4 is 22.0 Å². The van der Waals surface area contributed by atoms with Gasteiger partial charge in [-0.25, -0.2) is 4.79 Å². The zero-order chi connectivity index (χ0) is 8.01. The highest BCUT2D eigenvalue weighted by Gasteiger charge is 2.47. The van der Waals surface area contributed by atoms with E-state index in [1.165, 1.54) is 0 Å². The van der Waals surface area contributed by atoms with E-state index >= 15 is 0 Å². The average Bonchev–Trinajstić information content (AvgIpc) is 2.41. The summed E-state index contributed by atoms with van der Waals surface area (Å²) in [6, 6.07) is 0.541. The van der Waals surface area contributed by atoms with E-state index in [1.54, 1.807) is 4.90 Å². The Morgan fingerprint density at radius 1 is 1.55 bits per heavy atom. The fourth-order valence-corrected chi connectivity index (χ4v) is 3.16. The maximum absolute atomic E-state index is 10.7. The van der Waals surface area contributed by atoms with Crippen molar-refractivity contribution < 1.29 is 9.90 Å². The van der Waals surface area contributed by atoms with Crippen molar-refractivity contribution in [3.8, 4) is 0 Å². The van der Waals surface area contributed by atoms with Crippen molar-refractivity contribution in [1.82, 2.24) is 4.90 Å². The molecule has 0 aromatic heterocycles. The molecule has 11 heavy (non-hydrogen) atoms. The number of rotatable bonds is 0. The van der Waals surface area contributed by atoms with E-state index in [4.69, 9.17) is 5.11 Å². The van der Waals surface area contributed by atoms with Crippen LogP contribution in [0.4, 0.5) is 4.79 Å². The molecule has 3 atom stereocenters. The van der Waals surface area contributed by atoms with Gasteiger partial charge in [0.1, 0.15) is 0 Å². The molecule has 0 saturated carbocycles. The molecule has 2 rings (SSSR count). The van der Waals surface area contributed by atoms with Gasteiger partial charge < -0.3 is 10.0 Å². The maximum Gasteiger partial charge on any atom is 0.407 e. The van der Waals surface area contributed by atoms with Crippen LogP contribution in [0.25, 0.3) is 0 Å². The van der Waals surface area contributed by atoms with Gasteiger partial charge in [0.2, 0.25) is 0 Å². The van der Waals surface area contributed by atoms with Gasteiger partial charge in [-0.15, -0.1) is 0 Å². The molecule has 2 saturated heterocycles. The molecule has 2 aliphatic heterocycles. The number of hydrogen-bond acceptors (Lipinski definition) is 1. The van der Waals surface area contributed by atoms with Crippen LogP contribution in [-0.2, 0) is 0 Å². The Morgan fingerprint density at radius 3 is 2.55 bits per heavy atom. The number of carbonyl (C=O) groups is 1. The van der Waals surface area contributed by atoms with Crippen molar-refractivity contribution in [1.29, 1.82) is 0 Å². The number of alkyl halides is 1. The van der Waals surface area contributed by atoms with Crippen LogP contribution in [0.2, 0.25) is 0 Å². The lowest BCUT2D eigenvalue weighted by Crippen LogP contribution is -2.35. The first-order valence-corrected chi connectivity index (χ1v) is 4.77. The summed E-state index contributed by atoms with van der Waals surface area (Å²) in [5, 5.41) is 8.82. The molecule has 4 heteroatoms. The molecule has 0 radical (unpaired) electrons. The standard InChI is InChI=1S/C7H10BrNO2/c8-5-3-4-1-2-6(5)9(4)7(10)11/h4-6H,1-3H2,(H,10,11). The van der Waals surface area contributed by atoms with Gasteiger partial charge in [0.05, 0.1) is 0 Å². The topological polar surface area (TPSA) is 40.5 Å². The third-order valence-electron chi connectivity index (χ3n) is 2.68. The minimum absolute atomic E-state index is 0.248. The quantitative estimate of drug-likeness (QED) is 0.630. The summed E-state index contributed by atoms with van der Waals surface area (Å²) < 4.78 is 0. The van der Waals surface area contributed by atoms with E-state index in [1.807, 2.05) is 0 Å². The third kappa shape index (κ3) is 0.956. The lowest BCUT2D eigenvalue weighted by Gasteiger charge is -2.18. The highest BCUT2D eigenvalue weighted by molar-refractivity contribution is 9.09. The molecule has 2 fully saturated rings. The van der Waals surface area contributed by atoms with Crippen LogP contribution >= 0.6 is 15.9 Å². The molecule has 3 unspecified atom stereocenters. The van der Waals surface area contributed by atoms with E-state index < -0.39 is 6.09 Å². The molecule has 3 nitrogen and oxygen atoms in total. The second kappa shape index (κ2) is 2.37. The molecule has 2 bridgehead atoms. The van der Waals surface area contributed by atoms with Crippen molar-refractivity contribution in [2.24, 2.45) is 0 Å². The number of halogens is 1. The highest BCUT2D eigenvalue weighted by atomic mass is 79.9. The second-order valence-corrected chi connectivity index (χ2v) is 4.42. The smallest absolute Gasteiger partial charge is 0.407 e. The van der Waals surface area contributed by atoms with Crippen molar-refractivity contribution in [3.05, 3.63) is 0 Å². The first-order valence-electron chi connectivity index (χ1n) is 3.85. The largest absolute Gasteiger partial charge is 0.465 e. The summed E-state index contributed by atoms with van der Waals surface area (Å²) in [5.41, 5.74) is 0. The summed E-state index contributed by atoms with van der Waals surface area (Å²) in [7, 11) is 0. The number of fused-ring (bicyclic) bond motifs is 2. The van der Waals surface area contributed by atoms with Gasteiger partial charge in [0, 0.05) is 16.9 Å². The Morgan fingerprint density at radius 2 is 2.27 bits per heavy atom. The Hall–Kier alpha value is -0.250. The number of hydrogen-bond donors (Lipinski definition) is 1. The lowest BCUT2D eigenvalue weighted by atomic mass is 10.0. The van der Waals surface area contributed by atoms with Gasteiger partial charge in [-0.1, -0.05) is 15.9 Å². The molecule has 0 aromatic carbocycles. The molecule has 0 spiro atoms. The van der Waals surface area contributed by atoms with Gasteiger partial charge in [-0.2, -0.15) is 0 Å². The number of nitrogens with zero attached hydrogens (tertiary/aromatic N) is 1. The van der Waals surface area contributed by atoms with Crippen molar-refractivity contribution in [2.45, 2.75) is 36.2 Å². The van der Waals surface area contributed by atoms with Crippen LogP contribution in [0, 0.1) is 0 Å². The van der Waals surface area contributed by atoms with Crippen LogP contribution in [-0.4, -0.2) is 33.0 Å². The van der Waals surface area contributed by atoms with Crippen molar-refractivity contribution in [2.75, 3.05) is 0 Å². The predicted molar refractivity (Wildman–Crippen MR) is 44.0 cm³/mol. The molecule has 2 aliphatic rings. The maximum atomic E-state index is 10.7. The van der Waals surface area contributed by atoms with Crippen LogP contribution in [0.15, 0.2) is 0 Å². The SMILES string of the molecule is O=C(O)N1C2CCC1C(Br)C2. The first kappa shape index (κ1) is 7.40. The molecule has 0 aromatic rings. The predicted octanol–water partition coefficient (Wildman–Crippen LogP) is 1.66.